The number of hydrogen-bond donors (Lipinski definition) is 2. The Labute approximate surface area is 145 Å². The van der Waals surface area contributed by atoms with Gasteiger partial charge in [0.25, 0.3) is 5.91 Å². The van der Waals surface area contributed by atoms with Crippen LogP contribution in [0.1, 0.15) is 22.5 Å². The fourth-order valence-corrected chi connectivity index (χ4v) is 4.68. The van der Waals surface area contributed by atoms with Gasteiger partial charge in [-0.3, -0.25) is 9.69 Å². The van der Waals surface area contributed by atoms with Gasteiger partial charge in [0.2, 0.25) is 0 Å². The molecule has 0 radical (unpaired) electrons. The molecule has 2 N–H and O–H groups in total. The van der Waals surface area contributed by atoms with Crippen molar-refractivity contribution in [3.05, 3.63) is 35.2 Å². The van der Waals surface area contributed by atoms with Crippen LogP contribution in [-0.4, -0.2) is 60.4 Å². The molecule has 0 saturated carbocycles. The summed E-state index contributed by atoms with van der Waals surface area (Å²) in [5.41, 5.74) is 0. The molecule has 3 heterocycles. The topological polar surface area (TPSA) is 61.8 Å². The lowest BCUT2D eigenvalue weighted by molar-refractivity contribution is -0.0566. The first kappa shape index (κ1) is 16.0. The number of morpholine rings is 1. The number of thiophene rings is 1. The van der Waals surface area contributed by atoms with E-state index in [1.54, 1.807) is 11.3 Å². The van der Waals surface area contributed by atoms with Crippen LogP contribution in [0.3, 0.4) is 0 Å². The second kappa shape index (κ2) is 6.80. The first-order valence-electron chi connectivity index (χ1n) is 8.49. The largest absolute Gasteiger partial charge is 0.396 e. The second-order valence-electron chi connectivity index (χ2n) is 6.63. The number of amides is 1. The van der Waals surface area contributed by atoms with Crippen molar-refractivity contribution in [3.8, 4) is 0 Å². The van der Waals surface area contributed by atoms with Crippen LogP contribution in [0.25, 0.3) is 10.1 Å². The van der Waals surface area contributed by atoms with E-state index in [4.69, 9.17) is 9.84 Å². The van der Waals surface area contributed by atoms with Crippen molar-refractivity contribution in [1.82, 2.24) is 10.2 Å². The van der Waals surface area contributed by atoms with E-state index < -0.39 is 0 Å². The Balaban J connectivity index is 1.38. The summed E-state index contributed by atoms with van der Waals surface area (Å²) in [4.78, 5) is 15.7. The van der Waals surface area contributed by atoms with Gasteiger partial charge in [-0.05, 0) is 30.4 Å². The Morgan fingerprint density at radius 1 is 1.38 bits per heavy atom. The van der Waals surface area contributed by atoms with Crippen LogP contribution in [0.15, 0.2) is 30.3 Å². The Kier molecular flexibility index (Phi) is 4.54. The molecule has 1 aromatic carbocycles. The Hall–Kier alpha value is -1.47. The number of ether oxygens (including phenoxy) is 1. The van der Waals surface area contributed by atoms with Gasteiger partial charge in [-0.25, -0.2) is 0 Å². The molecule has 6 heteroatoms. The van der Waals surface area contributed by atoms with Crippen molar-refractivity contribution in [1.29, 1.82) is 0 Å². The third-order valence-corrected chi connectivity index (χ3v) is 6.04. The summed E-state index contributed by atoms with van der Waals surface area (Å²) in [6, 6.07) is 10.6. The van der Waals surface area contributed by atoms with Crippen molar-refractivity contribution in [3.63, 3.8) is 0 Å². The zero-order valence-corrected chi connectivity index (χ0v) is 14.3. The Bertz CT molecular complexity index is 699. The molecule has 4 rings (SSSR count). The number of aliphatic hydroxyl groups is 1. The highest BCUT2D eigenvalue weighted by molar-refractivity contribution is 7.20. The van der Waals surface area contributed by atoms with Gasteiger partial charge in [-0.1, -0.05) is 18.2 Å². The lowest BCUT2D eigenvalue weighted by Gasteiger charge is -2.34. The van der Waals surface area contributed by atoms with Gasteiger partial charge < -0.3 is 15.2 Å². The molecule has 3 atom stereocenters. The highest BCUT2D eigenvalue weighted by atomic mass is 32.1. The molecule has 5 nitrogen and oxygen atoms in total. The molecule has 1 aromatic heterocycles. The Morgan fingerprint density at radius 3 is 3.08 bits per heavy atom. The van der Waals surface area contributed by atoms with Crippen LogP contribution >= 0.6 is 11.3 Å². The summed E-state index contributed by atoms with van der Waals surface area (Å²) >= 11 is 1.54. The fourth-order valence-electron chi connectivity index (χ4n) is 3.72. The van der Waals surface area contributed by atoms with E-state index in [0.29, 0.717) is 19.1 Å². The average molecular weight is 346 g/mol. The minimum absolute atomic E-state index is 0.0221. The molecule has 24 heavy (non-hydrogen) atoms. The lowest BCUT2D eigenvalue weighted by atomic mass is 10.1. The van der Waals surface area contributed by atoms with Crippen molar-refractivity contribution >= 4 is 27.3 Å². The molecule has 128 valence electrons. The fraction of sp³-hybridized carbons (Fsp3) is 0.500. The minimum Gasteiger partial charge on any atom is -0.396 e. The van der Waals surface area contributed by atoms with E-state index in [9.17, 15) is 4.79 Å². The van der Waals surface area contributed by atoms with Crippen LogP contribution in [0.2, 0.25) is 0 Å². The first-order chi connectivity index (χ1) is 11.7. The molecule has 1 amide bonds. The number of rotatable bonds is 4. The van der Waals surface area contributed by atoms with E-state index in [1.165, 1.54) is 0 Å². The van der Waals surface area contributed by atoms with Gasteiger partial charge in [0.1, 0.15) is 0 Å². The number of hydrogen-bond acceptors (Lipinski definition) is 5. The summed E-state index contributed by atoms with van der Waals surface area (Å²) in [6.45, 7) is 2.57. The van der Waals surface area contributed by atoms with E-state index in [-0.39, 0.29) is 24.7 Å². The summed E-state index contributed by atoms with van der Waals surface area (Å²) in [5.74, 6) is 0.0221. The molecular formula is C18H22N2O3S. The molecule has 2 aromatic rings. The minimum atomic E-state index is 0.0221. The van der Waals surface area contributed by atoms with Gasteiger partial charge in [-0.2, -0.15) is 0 Å². The lowest BCUT2D eigenvalue weighted by Crippen LogP contribution is -2.46. The third-order valence-electron chi connectivity index (χ3n) is 4.93. The summed E-state index contributed by atoms with van der Waals surface area (Å²) < 4.78 is 6.94. The zero-order chi connectivity index (χ0) is 16.5. The van der Waals surface area contributed by atoms with E-state index in [2.05, 4.69) is 10.2 Å². The highest BCUT2D eigenvalue weighted by Crippen LogP contribution is 2.27. The van der Waals surface area contributed by atoms with Crippen molar-refractivity contribution in [2.24, 2.45) is 0 Å². The number of aliphatic hydroxyl groups excluding tert-OH is 1. The first-order valence-corrected chi connectivity index (χ1v) is 9.30. The highest BCUT2D eigenvalue weighted by Gasteiger charge is 2.37. The van der Waals surface area contributed by atoms with Crippen molar-refractivity contribution in [2.75, 3.05) is 26.3 Å². The van der Waals surface area contributed by atoms with E-state index in [0.717, 1.165) is 34.5 Å². The molecule has 2 aliphatic rings. The van der Waals surface area contributed by atoms with Gasteiger partial charge in [0.15, 0.2) is 0 Å². The molecular weight excluding hydrogens is 324 g/mol. The molecule has 2 saturated heterocycles. The number of benzene rings is 1. The van der Waals surface area contributed by atoms with Gasteiger partial charge >= 0.3 is 0 Å². The SMILES string of the molecule is O=C(N[C@H]1C[C@H]2CO[C@@H](CCO)CN2C1)c1cc2ccccc2s1. The number of nitrogens with zero attached hydrogens (tertiary/aromatic N) is 1. The maximum Gasteiger partial charge on any atom is 0.261 e. The average Bonchev–Trinajstić information content (AvgIpc) is 3.17. The van der Waals surface area contributed by atoms with Crippen LogP contribution in [-0.2, 0) is 4.74 Å². The maximum atomic E-state index is 12.6. The zero-order valence-electron chi connectivity index (χ0n) is 13.5. The van der Waals surface area contributed by atoms with E-state index >= 15 is 0 Å². The third kappa shape index (κ3) is 3.19. The molecule has 2 fully saturated rings. The monoisotopic (exact) mass is 346 g/mol. The van der Waals surface area contributed by atoms with Gasteiger partial charge in [0.05, 0.1) is 17.6 Å². The number of nitrogens with one attached hydrogen (secondary N) is 1. The number of carbonyl (C=O) groups is 1. The maximum absolute atomic E-state index is 12.6. The smallest absolute Gasteiger partial charge is 0.261 e. The number of fused-ring (bicyclic) bond motifs is 2. The Morgan fingerprint density at radius 2 is 2.25 bits per heavy atom. The van der Waals surface area contributed by atoms with Crippen molar-refractivity contribution < 1.29 is 14.6 Å². The van der Waals surface area contributed by atoms with Crippen LogP contribution in [0.5, 0.6) is 0 Å². The molecule has 0 spiro atoms. The molecule has 0 unspecified atom stereocenters. The number of carbonyl (C=O) groups excluding carboxylic acids is 1. The molecule has 2 aliphatic heterocycles. The summed E-state index contributed by atoms with van der Waals surface area (Å²) in [6.07, 6.45) is 1.73. The van der Waals surface area contributed by atoms with Crippen LogP contribution in [0.4, 0.5) is 0 Å². The summed E-state index contributed by atoms with van der Waals surface area (Å²) in [7, 11) is 0. The summed E-state index contributed by atoms with van der Waals surface area (Å²) in [5, 5.41) is 13.4. The standard InChI is InChI=1S/C18H22N2O3S/c21-6-5-15-10-20-9-13(8-14(20)11-23-15)19-18(22)17-7-12-3-1-2-4-16(12)24-17/h1-4,7,13-15,21H,5-6,8-11H2,(H,19,22)/t13-,14-,15-/m0/s1. The normalized spacial score (nSPS) is 27.3. The predicted octanol–water partition coefficient (Wildman–Crippen LogP) is 1.86. The predicted molar refractivity (Wildman–Crippen MR) is 94.5 cm³/mol. The van der Waals surface area contributed by atoms with Crippen LogP contribution in [0, 0.1) is 0 Å². The molecule has 0 aliphatic carbocycles. The van der Waals surface area contributed by atoms with Crippen molar-refractivity contribution in [2.45, 2.75) is 31.0 Å². The van der Waals surface area contributed by atoms with E-state index in [1.807, 2.05) is 30.3 Å². The van der Waals surface area contributed by atoms with Crippen LogP contribution < -0.4 is 5.32 Å². The van der Waals surface area contributed by atoms with Gasteiger partial charge in [-0.15, -0.1) is 11.3 Å². The molecule has 0 bridgehead atoms. The second-order valence-corrected chi connectivity index (χ2v) is 7.71. The van der Waals surface area contributed by atoms with Gasteiger partial charge in [0, 0.05) is 36.5 Å². The quantitative estimate of drug-likeness (QED) is 0.887.